The predicted molar refractivity (Wildman–Crippen MR) is 167 cm³/mol. The molecule has 1 fully saturated rings. The van der Waals surface area contributed by atoms with E-state index in [0.717, 1.165) is 58.6 Å². The third-order valence-corrected chi connectivity index (χ3v) is 8.49. The van der Waals surface area contributed by atoms with Gasteiger partial charge in [-0.1, -0.05) is 54.6 Å². The standard InChI is InChI=1S/C33H38N4O4S/c1-22(38)40-20-28(25-8-6-5-7-9-25)36-31-30-27(34-21-35-31)19-29(42-30)26-12-10-23(11-13-26)18-24-14-16-37(17-15-24)32(39)41-33(2,3)4/h5-13,19,21,24,28H,14-18,20H2,1-4H3,(H,34,35,36)/t28-/m1/s1. The van der Waals surface area contributed by atoms with Crippen LogP contribution in [0.25, 0.3) is 20.7 Å². The molecule has 2 aromatic heterocycles. The summed E-state index contributed by atoms with van der Waals surface area (Å²) in [5, 5.41) is 3.48. The molecule has 0 saturated carbocycles. The van der Waals surface area contributed by atoms with Crippen molar-refractivity contribution in [3.63, 3.8) is 0 Å². The third kappa shape index (κ3) is 7.64. The molecule has 42 heavy (non-hydrogen) atoms. The smallest absolute Gasteiger partial charge is 0.410 e. The van der Waals surface area contributed by atoms with Gasteiger partial charge in [-0.05, 0) is 68.7 Å². The molecule has 1 saturated heterocycles. The van der Waals surface area contributed by atoms with Crippen LogP contribution in [-0.2, 0) is 20.7 Å². The summed E-state index contributed by atoms with van der Waals surface area (Å²) in [5.41, 5.74) is 3.84. The number of rotatable bonds is 8. The van der Waals surface area contributed by atoms with Gasteiger partial charge in [-0.2, -0.15) is 0 Å². The van der Waals surface area contributed by atoms with Gasteiger partial charge < -0.3 is 19.7 Å². The summed E-state index contributed by atoms with van der Waals surface area (Å²) >= 11 is 1.64. The zero-order valence-electron chi connectivity index (χ0n) is 24.6. The highest BCUT2D eigenvalue weighted by molar-refractivity contribution is 7.22. The van der Waals surface area contributed by atoms with Crippen molar-refractivity contribution in [1.82, 2.24) is 14.9 Å². The van der Waals surface area contributed by atoms with E-state index >= 15 is 0 Å². The number of hydrogen-bond acceptors (Lipinski definition) is 8. The van der Waals surface area contributed by atoms with Crippen LogP contribution in [0.15, 0.2) is 67.0 Å². The Labute approximate surface area is 251 Å². The van der Waals surface area contributed by atoms with Crippen LogP contribution in [0.5, 0.6) is 0 Å². The maximum Gasteiger partial charge on any atom is 0.410 e. The van der Waals surface area contributed by atoms with Gasteiger partial charge in [0.05, 0.1) is 16.3 Å². The first kappa shape index (κ1) is 29.5. The molecule has 0 spiro atoms. The van der Waals surface area contributed by atoms with Crippen molar-refractivity contribution in [3.05, 3.63) is 78.1 Å². The van der Waals surface area contributed by atoms with E-state index < -0.39 is 5.60 Å². The normalized spacial score (nSPS) is 14.9. The largest absolute Gasteiger partial charge is 0.463 e. The number of anilines is 1. The molecule has 0 bridgehead atoms. The molecule has 1 atom stereocenters. The van der Waals surface area contributed by atoms with Crippen molar-refractivity contribution in [2.75, 3.05) is 25.0 Å². The van der Waals surface area contributed by atoms with Crippen LogP contribution in [0.2, 0.25) is 0 Å². The lowest BCUT2D eigenvalue weighted by Crippen LogP contribution is -2.42. The molecule has 8 nitrogen and oxygen atoms in total. The Morgan fingerprint density at radius 1 is 1.05 bits per heavy atom. The SMILES string of the molecule is CC(=O)OC[C@@H](Nc1ncnc2cc(-c3ccc(CC4CCN(C(=O)OC(C)(C)C)CC4)cc3)sc12)c1ccccc1. The summed E-state index contributed by atoms with van der Waals surface area (Å²) in [5.74, 6) is 0.942. The van der Waals surface area contributed by atoms with Crippen molar-refractivity contribution in [3.8, 4) is 10.4 Å². The molecule has 3 heterocycles. The second-order valence-electron chi connectivity index (χ2n) is 11.8. The van der Waals surface area contributed by atoms with Crippen molar-refractivity contribution in [2.24, 2.45) is 5.92 Å². The Bertz CT molecular complexity index is 1510. The first-order chi connectivity index (χ1) is 20.1. The molecule has 1 aliphatic heterocycles. The number of likely N-dealkylation sites (tertiary alicyclic amines) is 1. The summed E-state index contributed by atoms with van der Waals surface area (Å²) in [6, 6.07) is 20.5. The lowest BCUT2D eigenvalue weighted by molar-refractivity contribution is -0.141. The number of aromatic nitrogens is 2. The second-order valence-corrected chi connectivity index (χ2v) is 12.8. The molecular formula is C33H38N4O4S. The molecule has 0 aliphatic carbocycles. The van der Waals surface area contributed by atoms with Crippen LogP contribution < -0.4 is 5.32 Å². The monoisotopic (exact) mass is 586 g/mol. The van der Waals surface area contributed by atoms with E-state index in [0.29, 0.717) is 11.7 Å². The zero-order chi connectivity index (χ0) is 29.7. The van der Waals surface area contributed by atoms with Gasteiger partial charge in [0.1, 0.15) is 24.4 Å². The molecule has 4 aromatic rings. The lowest BCUT2D eigenvalue weighted by atomic mass is 9.90. The molecule has 9 heteroatoms. The Balaban J connectivity index is 1.25. The van der Waals surface area contributed by atoms with Crippen LogP contribution in [-0.4, -0.2) is 52.2 Å². The Hall–Kier alpha value is -3.98. The summed E-state index contributed by atoms with van der Waals surface area (Å²) in [6.45, 7) is 8.80. The maximum atomic E-state index is 12.4. The summed E-state index contributed by atoms with van der Waals surface area (Å²) in [7, 11) is 0. The molecule has 0 unspecified atom stereocenters. The molecule has 5 rings (SSSR count). The molecule has 220 valence electrons. The van der Waals surface area contributed by atoms with Crippen molar-refractivity contribution < 1.29 is 19.1 Å². The van der Waals surface area contributed by atoms with E-state index in [1.54, 1.807) is 17.7 Å². The van der Waals surface area contributed by atoms with E-state index in [4.69, 9.17) is 9.47 Å². The Morgan fingerprint density at radius 2 is 1.76 bits per heavy atom. The maximum absolute atomic E-state index is 12.4. The first-order valence-electron chi connectivity index (χ1n) is 14.4. The van der Waals surface area contributed by atoms with Crippen LogP contribution >= 0.6 is 11.3 Å². The number of thiophene rings is 1. The van der Waals surface area contributed by atoms with Gasteiger partial charge in [-0.15, -0.1) is 11.3 Å². The fraction of sp³-hybridized carbons (Fsp3) is 0.394. The second kappa shape index (κ2) is 12.9. The number of hydrogen-bond donors (Lipinski definition) is 1. The quantitative estimate of drug-likeness (QED) is 0.217. The highest BCUT2D eigenvalue weighted by Crippen LogP contribution is 2.37. The number of esters is 1. The van der Waals surface area contributed by atoms with Crippen LogP contribution in [0.3, 0.4) is 0 Å². The molecule has 1 aliphatic rings. The van der Waals surface area contributed by atoms with E-state index in [9.17, 15) is 9.59 Å². The lowest BCUT2D eigenvalue weighted by Gasteiger charge is -2.33. The van der Waals surface area contributed by atoms with Gasteiger partial charge in [0.15, 0.2) is 0 Å². The van der Waals surface area contributed by atoms with Crippen LogP contribution in [0, 0.1) is 5.92 Å². The number of nitrogens with one attached hydrogen (secondary N) is 1. The minimum Gasteiger partial charge on any atom is -0.463 e. The fourth-order valence-electron chi connectivity index (χ4n) is 5.16. The zero-order valence-corrected chi connectivity index (χ0v) is 25.4. The Kier molecular flexibility index (Phi) is 9.06. The predicted octanol–water partition coefficient (Wildman–Crippen LogP) is 7.26. The first-order valence-corrected chi connectivity index (χ1v) is 15.2. The van der Waals surface area contributed by atoms with Gasteiger partial charge in [0.25, 0.3) is 0 Å². The van der Waals surface area contributed by atoms with Crippen molar-refractivity contribution in [1.29, 1.82) is 0 Å². The number of amides is 1. The number of carbonyl (C=O) groups is 2. The molecule has 1 amide bonds. The van der Waals surface area contributed by atoms with E-state index in [-0.39, 0.29) is 24.7 Å². The highest BCUT2D eigenvalue weighted by Gasteiger charge is 2.27. The minimum absolute atomic E-state index is 0.199. The molecule has 2 aromatic carbocycles. The summed E-state index contributed by atoms with van der Waals surface area (Å²) in [4.78, 5) is 35.9. The van der Waals surface area contributed by atoms with Gasteiger partial charge in [-0.3, -0.25) is 4.79 Å². The number of piperidine rings is 1. The van der Waals surface area contributed by atoms with Gasteiger partial charge in [0.2, 0.25) is 0 Å². The number of fused-ring (bicyclic) bond motifs is 1. The highest BCUT2D eigenvalue weighted by atomic mass is 32.1. The average Bonchev–Trinajstić information content (AvgIpc) is 3.41. The van der Waals surface area contributed by atoms with Gasteiger partial charge >= 0.3 is 12.1 Å². The number of nitrogens with zero attached hydrogens (tertiary/aromatic N) is 3. The number of carbonyl (C=O) groups excluding carboxylic acids is 2. The van der Waals surface area contributed by atoms with E-state index in [2.05, 4.69) is 45.6 Å². The fourth-order valence-corrected chi connectivity index (χ4v) is 6.23. The van der Waals surface area contributed by atoms with Gasteiger partial charge in [0, 0.05) is 24.9 Å². The molecule has 0 radical (unpaired) electrons. The topological polar surface area (TPSA) is 93.6 Å². The van der Waals surface area contributed by atoms with Gasteiger partial charge in [-0.25, -0.2) is 14.8 Å². The van der Waals surface area contributed by atoms with Crippen molar-refractivity contribution in [2.45, 2.75) is 58.6 Å². The summed E-state index contributed by atoms with van der Waals surface area (Å²) in [6.07, 6.45) is 4.31. The van der Waals surface area contributed by atoms with E-state index in [1.807, 2.05) is 56.0 Å². The molecular weight excluding hydrogens is 548 g/mol. The minimum atomic E-state index is -0.468. The summed E-state index contributed by atoms with van der Waals surface area (Å²) < 4.78 is 11.8. The average molecular weight is 587 g/mol. The number of benzene rings is 2. The number of ether oxygens (including phenoxy) is 2. The van der Waals surface area contributed by atoms with E-state index in [1.165, 1.54) is 12.5 Å². The van der Waals surface area contributed by atoms with Crippen LogP contribution in [0.4, 0.5) is 10.6 Å². The third-order valence-electron chi connectivity index (χ3n) is 7.31. The van der Waals surface area contributed by atoms with Crippen molar-refractivity contribution >= 4 is 39.4 Å². The Morgan fingerprint density at radius 3 is 2.43 bits per heavy atom. The molecule has 1 N–H and O–H groups in total. The van der Waals surface area contributed by atoms with Crippen LogP contribution in [0.1, 0.15) is 57.7 Å².